The third-order valence-corrected chi connectivity index (χ3v) is 3.31. The minimum atomic E-state index is -0.172. The predicted molar refractivity (Wildman–Crippen MR) is 89.1 cm³/mol. The molecule has 0 radical (unpaired) electrons. The Morgan fingerprint density at radius 2 is 2.09 bits per heavy atom. The molecule has 0 bridgehead atoms. The minimum absolute atomic E-state index is 0.172. The van der Waals surface area contributed by atoms with Crippen molar-refractivity contribution in [2.45, 2.75) is 6.92 Å². The van der Waals surface area contributed by atoms with Gasteiger partial charge < -0.3 is 14.6 Å². The van der Waals surface area contributed by atoms with Crippen LogP contribution < -0.4 is 10.1 Å². The van der Waals surface area contributed by atoms with Crippen molar-refractivity contribution < 1.29 is 9.53 Å². The number of amides is 1. The average Bonchev–Trinajstić information content (AvgIpc) is 3.10. The van der Waals surface area contributed by atoms with E-state index in [-0.39, 0.29) is 5.91 Å². The van der Waals surface area contributed by atoms with Crippen LogP contribution in [-0.2, 0) is 0 Å². The molecule has 5 nitrogen and oxygen atoms in total. The van der Waals surface area contributed by atoms with Crippen molar-refractivity contribution in [3.05, 3.63) is 72.8 Å². The molecule has 0 aliphatic heterocycles. The molecule has 3 aromatic rings. The van der Waals surface area contributed by atoms with Gasteiger partial charge in [-0.05, 0) is 43.3 Å². The van der Waals surface area contributed by atoms with E-state index >= 15 is 0 Å². The summed E-state index contributed by atoms with van der Waals surface area (Å²) in [6.45, 7) is 2.48. The number of rotatable bonds is 5. The fourth-order valence-electron chi connectivity index (χ4n) is 2.25. The molecule has 0 spiro atoms. The largest absolute Gasteiger partial charge is 0.494 e. The summed E-state index contributed by atoms with van der Waals surface area (Å²) in [6.07, 6.45) is 5.28. The number of nitrogens with one attached hydrogen (secondary N) is 1. The van der Waals surface area contributed by atoms with Crippen LogP contribution in [0.3, 0.4) is 0 Å². The molecule has 3 rings (SSSR count). The number of imidazole rings is 1. The summed E-state index contributed by atoms with van der Waals surface area (Å²) < 4.78 is 7.31. The zero-order valence-electron chi connectivity index (χ0n) is 12.8. The van der Waals surface area contributed by atoms with Crippen molar-refractivity contribution in [3.63, 3.8) is 0 Å². The predicted octanol–water partition coefficient (Wildman–Crippen LogP) is 3.52. The van der Waals surface area contributed by atoms with E-state index in [2.05, 4.69) is 10.3 Å². The van der Waals surface area contributed by atoms with Gasteiger partial charge in [-0.15, -0.1) is 0 Å². The molecule has 0 saturated heterocycles. The number of carbonyl (C=O) groups excluding carboxylic acids is 1. The molecule has 1 amide bonds. The minimum Gasteiger partial charge on any atom is -0.494 e. The van der Waals surface area contributed by atoms with E-state index in [1.165, 1.54) is 0 Å². The third-order valence-electron chi connectivity index (χ3n) is 3.31. The Balaban J connectivity index is 1.78. The number of aromatic nitrogens is 2. The second kappa shape index (κ2) is 6.79. The van der Waals surface area contributed by atoms with Crippen molar-refractivity contribution in [1.82, 2.24) is 9.55 Å². The quantitative estimate of drug-likeness (QED) is 0.784. The summed E-state index contributed by atoms with van der Waals surface area (Å²) in [5, 5.41) is 2.90. The van der Waals surface area contributed by atoms with E-state index in [1.807, 2.05) is 54.1 Å². The van der Waals surface area contributed by atoms with Crippen molar-refractivity contribution in [2.75, 3.05) is 11.9 Å². The van der Waals surface area contributed by atoms with Gasteiger partial charge >= 0.3 is 0 Å². The number of anilines is 1. The highest BCUT2D eigenvalue weighted by Crippen LogP contribution is 2.17. The highest BCUT2D eigenvalue weighted by molar-refractivity contribution is 6.04. The van der Waals surface area contributed by atoms with Gasteiger partial charge in [-0.3, -0.25) is 4.79 Å². The molecular weight excluding hydrogens is 290 g/mol. The number of hydrogen-bond donors (Lipinski definition) is 1. The summed E-state index contributed by atoms with van der Waals surface area (Å²) in [5.74, 6) is 0.515. The Kier molecular flexibility index (Phi) is 4.38. The summed E-state index contributed by atoms with van der Waals surface area (Å²) in [4.78, 5) is 16.4. The van der Waals surface area contributed by atoms with Crippen LogP contribution >= 0.6 is 0 Å². The lowest BCUT2D eigenvalue weighted by Crippen LogP contribution is -2.12. The van der Waals surface area contributed by atoms with E-state index in [1.54, 1.807) is 24.7 Å². The van der Waals surface area contributed by atoms with Crippen molar-refractivity contribution in [1.29, 1.82) is 0 Å². The third kappa shape index (κ3) is 3.58. The second-order valence-electron chi connectivity index (χ2n) is 4.94. The maximum atomic E-state index is 12.4. The standard InChI is InChI=1S/C18H17N3O2/c1-2-23-17-8-3-5-14(11-17)18(22)20-15-6-4-7-16(12-15)21-10-9-19-13-21/h3-13H,2H2,1H3,(H,20,22). The molecule has 5 heteroatoms. The van der Waals surface area contributed by atoms with Crippen LogP contribution in [0.5, 0.6) is 5.75 Å². The molecule has 1 heterocycles. The van der Waals surface area contributed by atoms with E-state index in [0.29, 0.717) is 17.9 Å². The molecule has 2 aromatic carbocycles. The summed E-state index contributed by atoms with van der Waals surface area (Å²) >= 11 is 0. The van der Waals surface area contributed by atoms with Crippen LogP contribution in [0.4, 0.5) is 5.69 Å². The first-order valence-corrected chi connectivity index (χ1v) is 7.39. The van der Waals surface area contributed by atoms with E-state index in [9.17, 15) is 4.79 Å². The van der Waals surface area contributed by atoms with E-state index < -0.39 is 0 Å². The van der Waals surface area contributed by atoms with Crippen molar-refractivity contribution in [2.24, 2.45) is 0 Å². The van der Waals surface area contributed by atoms with Gasteiger partial charge in [0.2, 0.25) is 0 Å². The van der Waals surface area contributed by atoms with Gasteiger partial charge in [0, 0.05) is 29.3 Å². The molecule has 0 aliphatic carbocycles. The zero-order chi connectivity index (χ0) is 16.1. The van der Waals surface area contributed by atoms with Gasteiger partial charge in [0.15, 0.2) is 0 Å². The van der Waals surface area contributed by atoms with Gasteiger partial charge in [-0.25, -0.2) is 4.98 Å². The first kappa shape index (κ1) is 14.8. The van der Waals surface area contributed by atoms with Crippen LogP contribution in [0.15, 0.2) is 67.3 Å². The number of carbonyl (C=O) groups is 1. The summed E-state index contributed by atoms with van der Waals surface area (Å²) in [7, 11) is 0. The molecule has 23 heavy (non-hydrogen) atoms. The summed E-state index contributed by atoms with van der Waals surface area (Å²) in [5.41, 5.74) is 2.22. The van der Waals surface area contributed by atoms with Crippen LogP contribution in [0, 0.1) is 0 Å². The first-order chi connectivity index (χ1) is 11.3. The Hall–Kier alpha value is -3.08. The number of ether oxygens (including phenoxy) is 1. The molecular formula is C18H17N3O2. The van der Waals surface area contributed by atoms with Gasteiger partial charge in [-0.1, -0.05) is 12.1 Å². The molecule has 0 fully saturated rings. The number of hydrogen-bond acceptors (Lipinski definition) is 3. The Morgan fingerprint density at radius 3 is 2.87 bits per heavy atom. The van der Waals surface area contributed by atoms with Crippen molar-refractivity contribution >= 4 is 11.6 Å². The molecule has 1 aromatic heterocycles. The van der Waals surface area contributed by atoms with Crippen molar-refractivity contribution in [3.8, 4) is 11.4 Å². The van der Waals surface area contributed by atoms with Gasteiger partial charge in [0.25, 0.3) is 5.91 Å². The van der Waals surface area contributed by atoms with Crippen LogP contribution in [0.1, 0.15) is 17.3 Å². The Bertz CT molecular complexity index is 798. The summed E-state index contributed by atoms with van der Waals surface area (Å²) in [6, 6.07) is 14.7. The lowest BCUT2D eigenvalue weighted by Gasteiger charge is -2.09. The maximum absolute atomic E-state index is 12.4. The topological polar surface area (TPSA) is 56.1 Å². The number of benzene rings is 2. The van der Waals surface area contributed by atoms with Gasteiger partial charge in [-0.2, -0.15) is 0 Å². The van der Waals surface area contributed by atoms with Crippen LogP contribution in [0.2, 0.25) is 0 Å². The Labute approximate surface area is 134 Å². The number of nitrogens with zero attached hydrogens (tertiary/aromatic N) is 2. The van der Waals surface area contributed by atoms with Gasteiger partial charge in [0.1, 0.15) is 5.75 Å². The fraction of sp³-hybridized carbons (Fsp3) is 0.111. The van der Waals surface area contributed by atoms with Gasteiger partial charge in [0.05, 0.1) is 12.9 Å². The smallest absolute Gasteiger partial charge is 0.255 e. The molecule has 1 N–H and O–H groups in total. The lowest BCUT2D eigenvalue weighted by atomic mass is 10.2. The lowest BCUT2D eigenvalue weighted by molar-refractivity contribution is 0.102. The van der Waals surface area contributed by atoms with Crippen LogP contribution in [-0.4, -0.2) is 22.1 Å². The van der Waals surface area contributed by atoms with Crippen LogP contribution in [0.25, 0.3) is 5.69 Å². The van der Waals surface area contributed by atoms with E-state index in [0.717, 1.165) is 11.4 Å². The maximum Gasteiger partial charge on any atom is 0.255 e. The fourth-order valence-corrected chi connectivity index (χ4v) is 2.25. The first-order valence-electron chi connectivity index (χ1n) is 7.39. The zero-order valence-corrected chi connectivity index (χ0v) is 12.8. The average molecular weight is 307 g/mol. The molecule has 0 saturated carbocycles. The molecule has 116 valence electrons. The SMILES string of the molecule is CCOc1cccc(C(=O)Nc2cccc(-n3ccnc3)c2)c1. The molecule has 0 aliphatic rings. The van der Waals surface area contributed by atoms with E-state index in [4.69, 9.17) is 4.74 Å². The molecule has 0 unspecified atom stereocenters. The second-order valence-corrected chi connectivity index (χ2v) is 4.94. The monoisotopic (exact) mass is 307 g/mol. The highest BCUT2D eigenvalue weighted by atomic mass is 16.5. The molecule has 0 atom stereocenters. The normalized spacial score (nSPS) is 10.3. The highest BCUT2D eigenvalue weighted by Gasteiger charge is 2.08. The Morgan fingerprint density at radius 1 is 1.22 bits per heavy atom.